The van der Waals surface area contributed by atoms with Gasteiger partial charge in [0.1, 0.15) is 5.82 Å². The summed E-state index contributed by atoms with van der Waals surface area (Å²) in [5.74, 6) is 2.79. The Morgan fingerprint density at radius 1 is 1.10 bits per heavy atom. The molecule has 3 N–H and O–H groups in total. The summed E-state index contributed by atoms with van der Waals surface area (Å²) >= 11 is 0. The number of guanidine groups is 1. The molecular weight excluding hydrogens is 501 g/mol. The first-order chi connectivity index (χ1) is 19.2. The maximum absolute atomic E-state index is 13.5. The molecule has 1 amide bonds. The maximum Gasteiger partial charge on any atom is 0.251 e. The van der Waals surface area contributed by atoms with E-state index in [1.807, 2.05) is 30.3 Å². The van der Waals surface area contributed by atoms with Crippen molar-refractivity contribution in [1.29, 1.82) is 0 Å². The highest BCUT2D eigenvalue weighted by Crippen LogP contribution is 2.61. The zero-order chi connectivity index (χ0) is 28.0. The molecule has 40 heavy (non-hydrogen) atoms. The summed E-state index contributed by atoms with van der Waals surface area (Å²) < 4.78 is 13.5. The van der Waals surface area contributed by atoms with Gasteiger partial charge >= 0.3 is 0 Å². The van der Waals surface area contributed by atoms with E-state index in [0.717, 1.165) is 79.9 Å². The van der Waals surface area contributed by atoms with Crippen LogP contribution in [0.4, 0.5) is 10.1 Å². The number of hydrogen-bond acceptors (Lipinski definition) is 3. The van der Waals surface area contributed by atoms with E-state index in [2.05, 4.69) is 48.5 Å². The zero-order valence-electron chi connectivity index (χ0n) is 24.3. The SMILES string of the molecule is C[C@H]1[C@@H](N=C(Nc2ccc(C(=O)NC3CCc4cc(F)ccc4C3)cc2)N2CCN[C@@H](C)C2)C[C@@H]2C[C@@H]1C2(C)C. The Morgan fingerprint density at radius 2 is 1.90 bits per heavy atom. The lowest BCUT2D eigenvalue weighted by molar-refractivity contribution is -0.108. The number of piperazine rings is 1. The van der Waals surface area contributed by atoms with Crippen molar-refractivity contribution in [3.63, 3.8) is 0 Å². The zero-order valence-corrected chi connectivity index (χ0v) is 24.3. The Labute approximate surface area is 238 Å². The van der Waals surface area contributed by atoms with E-state index in [-0.39, 0.29) is 17.8 Å². The second kappa shape index (κ2) is 10.8. The summed E-state index contributed by atoms with van der Waals surface area (Å²) in [6, 6.07) is 13.5. The fraction of sp³-hybridized carbons (Fsp3) is 0.576. The number of hydrogen-bond donors (Lipinski definition) is 3. The minimum atomic E-state index is -0.191. The summed E-state index contributed by atoms with van der Waals surface area (Å²) in [7, 11) is 0. The first-order valence-corrected chi connectivity index (χ1v) is 15.2. The van der Waals surface area contributed by atoms with Crippen LogP contribution >= 0.6 is 0 Å². The third-order valence-corrected chi connectivity index (χ3v) is 10.4. The molecule has 1 saturated heterocycles. The van der Waals surface area contributed by atoms with Gasteiger partial charge in [-0.2, -0.15) is 0 Å². The number of nitrogens with one attached hydrogen (secondary N) is 3. The highest BCUT2D eigenvalue weighted by Gasteiger charge is 2.56. The smallest absolute Gasteiger partial charge is 0.251 e. The van der Waals surface area contributed by atoms with E-state index in [1.165, 1.54) is 12.5 Å². The second-order valence-electron chi connectivity index (χ2n) is 13.3. The van der Waals surface area contributed by atoms with Crippen molar-refractivity contribution in [2.45, 2.75) is 77.9 Å². The predicted octanol–water partition coefficient (Wildman–Crippen LogP) is 5.25. The molecule has 0 radical (unpaired) electrons. The lowest BCUT2D eigenvalue weighted by Gasteiger charge is -2.61. The van der Waals surface area contributed by atoms with Crippen molar-refractivity contribution in [3.8, 4) is 0 Å². The van der Waals surface area contributed by atoms with Crippen LogP contribution in [0.15, 0.2) is 47.5 Å². The molecular formula is C33H44FN5O. The van der Waals surface area contributed by atoms with E-state index >= 15 is 0 Å². The van der Waals surface area contributed by atoms with Crippen molar-refractivity contribution in [2.24, 2.45) is 28.2 Å². The van der Waals surface area contributed by atoms with Gasteiger partial charge in [-0.3, -0.25) is 4.79 Å². The molecule has 2 aromatic rings. The first kappa shape index (κ1) is 27.3. The molecule has 5 aliphatic rings. The van der Waals surface area contributed by atoms with Gasteiger partial charge in [0.25, 0.3) is 5.91 Å². The third kappa shape index (κ3) is 5.37. The fourth-order valence-corrected chi connectivity index (χ4v) is 7.72. The number of halogens is 1. The Balaban J connectivity index is 1.13. The van der Waals surface area contributed by atoms with E-state index in [4.69, 9.17) is 4.99 Å². The van der Waals surface area contributed by atoms with E-state index in [9.17, 15) is 9.18 Å². The summed E-state index contributed by atoms with van der Waals surface area (Å²) in [4.78, 5) is 20.8. The van der Waals surface area contributed by atoms with Gasteiger partial charge in [-0.1, -0.05) is 26.8 Å². The van der Waals surface area contributed by atoms with Crippen LogP contribution in [0.25, 0.3) is 0 Å². The highest BCUT2D eigenvalue weighted by molar-refractivity contribution is 5.97. The fourth-order valence-electron chi connectivity index (χ4n) is 7.72. The Morgan fingerprint density at radius 3 is 2.62 bits per heavy atom. The van der Waals surface area contributed by atoms with Crippen molar-refractivity contribution in [1.82, 2.24) is 15.5 Å². The number of carbonyl (C=O) groups excluding carboxylic acids is 1. The maximum atomic E-state index is 13.5. The minimum absolute atomic E-state index is 0.0605. The first-order valence-electron chi connectivity index (χ1n) is 15.2. The van der Waals surface area contributed by atoms with Crippen LogP contribution in [0.3, 0.4) is 0 Å². The second-order valence-corrected chi connectivity index (χ2v) is 13.3. The van der Waals surface area contributed by atoms with E-state index in [0.29, 0.717) is 29.0 Å². The molecule has 6 atom stereocenters. The predicted molar refractivity (Wildman–Crippen MR) is 159 cm³/mol. The van der Waals surface area contributed by atoms with Gasteiger partial charge in [-0.05, 0) is 110 Å². The lowest BCUT2D eigenvalue weighted by Crippen LogP contribution is -2.57. The number of aryl methyl sites for hydroxylation is 1. The number of amides is 1. The van der Waals surface area contributed by atoms with E-state index < -0.39 is 0 Å². The highest BCUT2D eigenvalue weighted by atomic mass is 19.1. The Bertz CT molecular complexity index is 1270. The van der Waals surface area contributed by atoms with Crippen LogP contribution in [0, 0.1) is 29.0 Å². The largest absolute Gasteiger partial charge is 0.349 e. The summed E-state index contributed by atoms with van der Waals surface area (Å²) in [6.45, 7) is 12.3. The normalized spacial score (nSPS) is 31.1. The molecule has 4 aliphatic carbocycles. The molecule has 6 nitrogen and oxygen atoms in total. The van der Waals surface area contributed by atoms with E-state index in [1.54, 1.807) is 6.07 Å². The number of aliphatic imine (C=N–C) groups is 1. The van der Waals surface area contributed by atoms with Crippen LogP contribution in [-0.2, 0) is 12.8 Å². The third-order valence-electron chi connectivity index (χ3n) is 10.4. The van der Waals surface area contributed by atoms with Crippen LogP contribution < -0.4 is 16.0 Å². The van der Waals surface area contributed by atoms with Gasteiger partial charge in [-0.15, -0.1) is 0 Å². The van der Waals surface area contributed by atoms with Crippen molar-refractivity contribution in [3.05, 3.63) is 65.0 Å². The van der Waals surface area contributed by atoms with Gasteiger partial charge < -0.3 is 20.9 Å². The number of anilines is 1. The molecule has 3 saturated carbocycles. The number of benzene rings is 2. The van der Waals surface area contributed by atoms with Gasteiger partial charge in [0.15, 0.2) is 5.96 Å². The van der Waals surface area contributed by atoms with Gasteiger partial charge in [-0.25, -0.2) is 9.38 Å². The minimum Gasteiger partial charge on any atom is -0.349 e. The lowest BCUT2D eigenvalue weighted by atomic mass is 9.45. The Kier molecular flexibility index (Phi) is 7.36. The molecule has 2 bridgehead atoms. The summed E-state index contributed by atoms with van der Waals surface area (Å²) in [5, 5.41) is 10.4. The molecule has 0 spiro atoms. The van der Waals surface area contributed by atoms with Gasteiger partial charge in [0.2, 0.25) is 0 Å². The number of rotatable bonds is 4. The summed E-state index contributed by atoms with van der Waals surface area (Å²) in [5.41, 5.74) is 4.22. The molecule has 1 heterocycles. The van der Waals surface area contributed by atoms with Gasteiger partial charge in [0.05, 0.1) is 6.04 Å². The molecule has 1 aliphatic heterocycles. The van der Waals surface area contributed by atoms with Crippen molar-refractivity contribution >= 4 is 17.6 Å². The Hall–Kier alpha value is -2.93. The average Bonchev–Trinajstić information content (AvgIpc) is 2.93. The number of fused-ring (bicyclic) bond motifs is 3. The summed E-state index contributed by atoms with van der Waals surface area (Å²) in [6.07, 6.45) is 4.86. The number of carbonyl (C=O) groups is 1. The molecule has 7 heteroatoms. The van der Waals surface area contributed by atoms with Gasteiger partial charge in [0, 0.05) is 43.0 Å². The molecule has 1 unspecified atom stereocenters. The molecule has 2 aromatic carbocycles. The van der Waals surface area contributed by atoms with Crippen molar-refractivity contribution in [2.75, 3.05) is 25.0 Å². The van der Waals surface area contributed by atoms with Crippen molar-refractivity contribution < 1.29 is 9.18 Å². The topological polar surface area (TPSA) is 68.8 Å². The standard InChI is InChI=1S/C33H44FN5O/c1-20-19-39(14-13-35-20)32(38-30-18-25-17-29(21(30)2)33(25,3)4)37-27-10-6-22(7-11-27)31(40)36-28-12-8-23-15-26(34)9-5-24(23)16-28/h5-7,9-11,15,20-21,25,28-30,35H,8,12-14,16-19H2,1-4H3,(H,36,40)(H,37,38)/t20-,21+,25-,28?,29-,30-/m0/s1. The average molecular weight is 546 g/mol. The van der Waals surface area contributed by atoms with Crippen LogP contribution in [0.2, 0.25) is 0 Å². The van der Waals surface area contributed by atoms with Crippen LogP contribution in [0.1, 0.15) is 68.4 Å². The molecule has 7 rings (SSSR count). The van der Waals surface area contributed by atoms with Crippen LogP contribution in [-0.4, -0.2) is 54.5 Å². The van der Waals surface area contributed by atoms with Crippen LogP contribution in [0.5, 0.6) is 0 Å². The quantitative estimate of drug-likeness (QED) is 0.363. The number of nitrogens with zero attached hydrogens (tertiary/aromatic N) is 2. The molecule has 0 aromatic heterocycles. The molecule has 4 fully saturated rings. The molecule has 214 valence electrons. The monoisotopic (exact) mass is 545 g/mol.